The van der Waals surface area contributed by atoms with Crippen LogP contribution in [0.3, 0.4) is 0 Å². The SMILES string of the molecule is CCOC(=O)Cc1csc(NN=Cc2ccc(OC)c(OCc3ccccc3)c2)n1. The topological polar surface area (TPSA) is 82.0 Å². The molecule has 3 rings (SSSR count). The standard InChI is InChI=1S/C22H23N3O4S/c1-3-28-21(26)12-18-15-30-22(24-18)25-23-13-17-9-10-19(27-2)20(11-17)29-14-16-7-5-4-6-8-16/h4-11,13,15H,3,12,14H2,1-2H3,(H,24,25). The predicted octanol–water partition coefficient (Wildman–Crippen LogP) is 4.28. The first-order chi connectivity index (χ1) is 14.7. The summed E-state index contributed by atoms with van der Waals surface area (Å²) in [5.74, 6) is 0.995. The molecule has 2 aromatic carbocycles. The number of nitrogens with zero attached hydrogens (tertiary/aromatic N) is 2. The van der Waals surface area contributed by atoms with Gasteiger partial charge in [-0.3, -0.25) is 10.2 Å². The van der Waals surface area contributed by atoms with Crippen LogP contribution in [0.15, 0.2) is 59.0 Å². The number of carbonyl (C=O) groups excluding carboxylic acids is 1. The maximum absolute atomic E-state index is 11.5. The number of nitrogens with one attached hydrogen (secondary N) is 1. The zero-order valence-electron chi connectivity index (χ0n) is 16.8. The van der Waals surface area contributed by atoms with Crippen molar-refractivity contribution >= 4 is 28.7 Å². The van der Waals surface area contributed by atoms with Crippen molar-refractivity contribution in [3.05, 3.63) is 70.7 Å². The molecule has 0 bridgehead atoms. The third-order valence-electron chi connectivity index (χ3n) is 3.98. The number of thiazole rings is 1. The van der Waals surface area contributed by atoms with Crippen molar-refractivity contribution in [1.82, 2.24) is 4.98 Å². The molecule has 0 radical (unpaired) electrons. The van der Waals surface area contributed by atoms with E-state index >= 15 is 0 Å². The maximum Gasteiger partial charge on any atom is 0.311 e. The van der Waals surface area contributed by atoms with Crippen molar-refractivity contribution in [2.45, 2.75) is 20.0 Å². The Morgan fingerprint density at radius 2 is 2.03 bits per heavy atom. The van der Waals surface area contributed by atoms with E-state index in [1.165, 1.54) is 11.3 Å². The Kier molecular flexibility index (Phi) is 7.79. The predicted molar refractivity (Wildman–Crippen MR) is 117 cm³/mol. The van der Waals surface area contributed by atoms with Crippen LogP contribution in [0, 0.1) is 0 Å². The number of benzene rings is 2. The van der Waals surface area contributed by atoms with Gasteiger partial charge in [0.25, 0.3) is 0 Å². The fourth-order valence-electron chi connectivity index (χ4n) is 2.58. The highest BCUT2D eigenvalue weighted by Gasteiger charge is 2.08. The van der Waals surface area contributed by atoms with Crippen LogP contribution in [0.4, 0.5) is 5.13 Å². The van der Waals surface area contributed by atoms with Gasteiger partial charge in [-0.15, -0.1) is 11.3 Å². The summed E-state index contributed by atoms with van der Waals surface area (Å²) in [6, 6.07) is 15.5. The summed E-state index contributed by atoms with van der Waals surface area (Å²) < 4.78 is 16.2. The van der Waals surface area contributed by atoms with E-state index < -0.39 is 0 Å². The van der Waals surface area contributed by atoms with Crippen LogP contribution in [0.25, 0.3) is 0 Å². The Hall–Kier alpha value is -3.39. The van der Waals surface area contributed by atoms with Crippen LogP contribution in [0.1, 0.15) is 23.7 Å². The zero-order chi connectivity index (χ0) is 21.2. The van der Waals surface area contributed by atoms with E-state index in [2.05, 4.69) is 15.5 Å². The Balaban J connectivity index is 1.60. The van der Waals surface area contributed by atoms with Gasteiger partial charge in [-0.25, -0.2) is 4.98 Å². The molecule has 0 aliphatic carbocycles. The average molecular weight is 426 g/mol. The third-order valence-corrected chi connectivity index (χ3v) is 4.78. The number of hydrogen-bond donors (Lipinski definition) is 1. The minimum atomic E-state index is -0.292. The average Bonchev–Trinajstić information content (AvgIpc) is 3.20. The van der Waals surface area contributed by atoms with Crippen molar-refractivity contribution in [3.8, 4) is 11.5 Å². The molecule has 8 heteroatoms. The Morgan fingerprint density at radius 1 is 1.20 bits per heavy atom. The summed E-state index contributed by atoms with van der Waals surface area (Å²) in [5, 5.41) is 6.62. The molecule has 3 aromatic rings. The number of anilines is 1. The van der Waals surface area contributed by atoms with Crippen LogP contribution in [-0.4, -0.2) is 30.9 Å². The highest BCUT2D eigenvalue weighted by atomic mass is 32.1. The number of carbonyl (C=O) groups is 1. The quantitative estimate of drug-likeness (QED) is 0.297. The first kappa shape index (κ1) is 21.3. The second-order valence-electron chi connectivity index (χ2n) is 6.18. The van der Waals surface area contributed by atoms with Crippen molar-refractivity contribution < 1.29 is 19.0 Å². The first-order valence-corrected chi connectivity index (χ1v) is 10.3. The van der Waals surface area contributed by atoms with Gasteiger partial charge in [0.1, 0.15) is 6.61 Å². The lowest BCUT2D eigenvalue weighted by Crippen LogP contribution is -2.07. The molecular formula is C22H23N3O4S. The monoisotopic (exact) mass is 425 g/mol. The fourth-order valence-corrected chi connectivity index (χ4v) is 3.24. The first-order valence-electron chi connectivity index (χ1n) is 9.41. The van der Waals surface area contributed by atoms with E-state index in [4.69, 9.17) is 14.2 Å². The highest BCUT2D eigenvalue weighted by molar-refractivity contribution is 7.13. The van der Waals surface area contributed by atoms with E-state index in [0.29, 0.717) is 35.5 Å². The lowest BCUT2D eigenvalue weighted by molar-refractivity contribution is -0.142. The van der Waals surface area contributed by atoms with Gasteiger partial charge >= 0.3 is 5.97 Å². The number of hydrazone groups is 1. The van der Waals surface area contributed by atoms with E-state index in [1.807, 2.05) is 48.5 Å². The van der Waals surface area contributed by atoms with Crippen LogP contribution < -0.4 is 14.9 Å². The van der Waals surface area contributed by atoms with E-state index in [9.17, 15) is 4.79 Å². The molecule has 0 amide bonds. The summed E-state index contributed by atoms with van der Waals surface area (Å²) >= 11 is 1.37. The summed E-state index contributed by atoms with van der Waals surface area (Å²) in [5.41, 5.74) is 5.44. The zero-order valence-corrected chi connectivity index (χ0v) is 17.6. The molecule has 156 valence electrons. The van der Waals surface area contributed by atoms with E-state index in [1.54, 1.807) is 25.6 Å². The van der Waals surface area contributed by atoms with Gasteiger partial charge in [-0.2, -0.15) is 5.10 Å². The molecule has 0 aliphatic rings. The van der Waals surface area contributed by atoms with E-state index in [-0.39, 0.29) is 12.4 Å². The summed E-state index contributed by atoms with van der Waals surface area (Å²) in [7, 11) is 1.61. The van der Waals surface area contributed by atoms with Crippen molar-refractivity contribution in [1.29, 1.82) is 0 Å². The second-order valence-corrected chi connectivity index (χ2v) is 7.04. The Morgan fingerprint density at radius 3 is 2.80 bits per heavy atom. The highest BCUT2D eigenvalue weighted by Crippen LogP contribution is 2.28. The number of aromatic nitrogens is 1. The molecule has 30 heavy (non-hydrogen) atoms. The van der Waals surface area contributed by atoms with Crippen LogP contribution in [0.2, 0.25) is 0 Å². The van der Waals surface area contributed by atoms with Gasteiger partial charge < -0.3 is 14.2 Å². The number of hydrogen-bond acceptors (Lipinski definition) is 8. The van der Waals surface area contributed by atoms with Gasteiger partial charge in [0, 0.05) is 5.38 Å². The Labute approximate surface area is 179 Å². The lowest BCUT2D eigenvalue weighted by Gasteiger charge is -2.11. The summed E-state index contributed by atoms with van der Waals surface area (Å²) in [6.07, 6.45) is 1.82. The molecule has 1 aromatic heterocycles. The van der Waals surface area contributed by atoms with Gasteiger partial charge in [0.05, 0.1) is 32.0 Å². The number of esters is 1. The molecule has 0 aliphatic heterocycles. The van der Waals surface area contributed by atoms with Gasteiger partial charge in [-0.1, -0.05) is 30.3 Å². The molecule has 0 unspecified atom stereocenters. The molecule has 0 saturated carbocycles. The summed E-state index contributed by atoms with van der Waals surface area (Å²) in [4.78, 5) is 15.8. The molecule has 0 saturated heterocycles. The van der Waals surface area contributed by atoms with Gasteiger partial charge in [0.2, 0.25) is 5.13 Å². The molecule has 0 fully saturated rings. The molecular weight excluding hydrogens is 402 g/mol. The van der Waals surface area contributed by atoms with Gasteiger partial charge in [-0.05, 0) is 36.2 Å². The molecule has 1 heterocycles. The normalized spacial score (nSPS) is 10.7. The van der Waals surface area contributed by atoms with Crippen molar-refractivity contribution in [2.24, 2.45) is 5.10 Å². The van der Waals surface area contributed by atoms with E-state index in [0.717, 1.165) is 11.1 Å². The van der Waals surface area contributed by atoms with Crippen molar-refractivity contribution in [3.63, 3.8) is 0 Å². The lowest BCUT2D eigenvalue weighted by atomic mass is 10.2. The van der Waals surface area contributed by atoms with Crippen molar-refractivity contribution in [2.75, 3.05) is 19.1 Å². The molecule has 0 atom stereocenters. The second kappa shape index (κ2) is 11.0. The largest absolute Gasteiger partial charge is 0.493 e. The van der Waals surface area contributed by atoms with Gasteiger partial charge in [0.15, 0.2) is 11.5 Å². The number of rotatable bonds is 10. The minimum absolute atomic E-state index is 0.149. The van der Waals surface area contributed by atoms with Crippen LogP contribution >= 0.6 is 11.3 Å². The number of ether oxygens (including phenoxy) is 3. The Bertz CT molecular complexity index is 989. The number of methoxy groups -OCH3 is 1. The minimum Gasteiger partial charge on any atom is -0.493 e. The maximum atomic E-state index is 11.5. The molecule has 1 N–H and O–H groups in total. The summed E-state index contributed by atoms with van der Waals surface area (Å²) in [6.45, 7) is 2.58. The van der Waals surface area contributed by atoms with Crippen LogP contribution in [-0.2, 0) is 22.6 Å². The van der Waals surface area contributed by atoms with Crippen LogP contribution in [0.5, 0.6) is 11.5 Å². The third kappa shape index (κ3) is 6.31. The smallest absolute Gasteiger partial charge is 0.311 e. The molecule has 0 spiro atoms. The fraction of sp³-hybridized carbons (Fsp3) is 0.227. The molecule has 7 nitrogen and oxygen atoms in total.